The van der Waals surface area contributed by atoms with E-state index in [2.05, 4.69) is 11.7 Å². The largest absolute Gasteiger partial charge is 0.469 e. The molecule has 4 atom stereocenters. The standard InChI is InChI=1S/C22H36O5/c1-4-5-10-14-22(2,26)15-13-18-17(19(23)16-20(18)24)11-8-6-7-9-12-21(25)27-3/h6,8,13,15,17-18,20,24,26H,4-5,7,9-12,14,16H2,1-3H3/b8-6-,15-13+/t17-,18-,20-,22-/m1/s1. The van der Waals surface area contributed by atoms with E-state index in [1.165, 1.54) is 7.11 Å². The van der Waals surface area contributed by atoms with Gasteiger partial charge >= 0.3 is 5.97 Å². The summed E-state index contributed by atoms with van der Waals surface area (Å²) in [7, 11) is 1.38. The second-order valence-corrected chi connectivity index (χ2v) is 7.77. The Morgan fingerprint density at radius 2 is 2.04 bits per heavy atom. The lowest BCUT2D eigenvalue weighted by Gasteiger charge is -2.21. The fourth-order valence-corrected chi connectivity index (χ4v) is 3.49. The fraction of sp³-hybridized carbons (Fsp3) is 0.727. The number of methoxy groups -OCH3 is 1. The molecule has 154 valence electrons. The highest BCUT2D eigenvalue weighted by atomic mass is 16.5. The van der Waals surface area contributed by atoms with Crippen LogP contribution in [0.3, 0.4) is 0 Å². The molecule has 0 spiro atoms. The number of aliphatic hydroxyl groups excluding tert-OH is 1. The molecule has 0 aromatic rings. The molecule has 0 aromatic heterocycles. The van der Waals surface area contributed by atoms with Crippen molar-refractivity contribution in [3.8, 4) is 0 Å². The van der Waals surface area contributed by atoms with Crippen molar-refractivity contribution in [2.75, 3.05) is 7.11 Å². The molecule has 1 rings (SSSR count). The van der Waals surface area contributed by atoms with E-state index in [9.17, 15) is 19.8 Å². The van der Waals surface area contributed by atoms with E-state index in [0.717, 1.165) is 25.7 Å². The Kier molecular flexibility index (Phi) is 10.6. The molecule has 0 aliphatic heterocycles. The summed E-state index contributed by atoms with van der Waals surface area (Å²) in [4.78, 5) is 23.3. The summed E-state index contributed by atoms with van der Waals surface area (Å²) in [6.07, 6.45) is 13.3. The summed E-state index contributed by atoms with van der Waals surface area (Å²) in [5.41, 5.74) is -0.908. The highest BCUT2D eigenvalue weighted by Gasteiger charge is 2.39. The van der Waals surface area contributed by atoms with Crippen molar-refractivity contribution >= 4 is 11.8 Å². The highest BCUT2D eigenvalue weighted by molar-refractivity contribution is 5.84. The summed E-state index contributed by atoms with van der Waals surface area (Å²) in [6, 6.07) is 0. The molecule has 2 N–H and O–H groups in total. The van der Waals surface area contributed by atoms with Crippen LogP contribution in [0.25, 0.3) is 0 Å². The van der Waals surface area contributed by atoms with Crippen LogP contribution in [-0.2, 0) is 14.3 Å². The lowest BCUT2D eigenvalue weighted by atomic mass is 9.88. The van der Waals surface area contributed by atoms with Crippen LogP contribution in [0.1, 0.15) is 71.6 Å². The Morgan fingerprint density at radius 3 is 2.70 bits per heavy atom. The minimum absolute atomic E-state index is 0.0713. The van der Waals surface area contributed by atoms with Crippen LogP contribution in [-0.4, -0.2) is 40.8 Å². The monoisotopic (exact) mass is 380 g/mol. The maximum atomic E-state index is 12.2. The summed E-state index contributed by atoms with van der Waals surface area (Å²) in [6.45, 7) is 3.90. The van der Waals surface area contributed by atoms with Gasteiger partial charge in [-0.2, -0.15) is 0 Å². The van der Waals surface area contributed by atoms with E-state index in [1.807, 2.05) is 18.2 Å². The van der Waals surface area contributed by atoms with Crippen molar-refractivity contribution in [1.29, 1.82) is 0 Å². The third-order valence-electron chi connectivity index (χ3n) is 5.23. The van der Waals surface area contributed by atoms with Crippen LogP contribution >= 0.6 is 0 Å². The molecule has 27 heavy (non-hydrogen) atoms. The molecule has 0 aromatic carbocycles. The summed E-state index contributed by atoms with van der Waals surface area (Å²) < 4.78 is 4.60. The van der Waals surface area contributed by atoms with Gasteiger partial charge in [-0.3, -0.25) is 9.59 Å². The second kappa shape index (κ2) is 12.1. The van der Waals surface area contributed by atoms with Gasteiger partial charge in [0.1, 0.15) is 5.78 Å². The summed E-state index contributed by atoms with van der Waals surface area (Å²) in [5.74, 6) is -0.648. The molecule has 1 fully saturated rings. The number of carbonyl (C=O) groups is 2. The number of esters is 1. The van der Waals surface area contributed by atoms with Crippen LogP contribution < -0.4 is 0 Å². The first-order valence-electron chi connectivity index (χ1n) is 10.1. The van der Waals surface area contributed by atoms with Crippen LogP contribution in [0.4, 0.5) is 0 Å². The number of hydrogen-bond donors (Lipinski definition) is 2. The topological polar surface area (TPSA) is 83.8 Å². The third kappa shape index (κ3) is 8.85. The van der Waals surface area contributed by atoms with Gasteiger partial charge < -0.3 is 14.9 Å². The number of ether oxygens (including phenoxy) is 1. The van der Waals surface area contributed by atoms with E-state index < -0.39 is 11.7 Å². The number of rotatable bonds is 12. The average Bonchev–Trinajstić information content (AvgIpc) is 2.89. The predicted octanol–water partition coefficient (Wildman–Crippen LogP) is 3.73. The normalized spacial score (nSPS) is 25.4. The van der Waals surface area contributed by atoms with E-state index in [1.54, 1.807) is 13.0 Å². The van der Waals surface area contributed by atoms with Crippen LogP contribution in [0.15, 0.2) is 24.3 Å². The van der Waals surface area contributed by atoms with Crippen molar-refractivity contribution in [2.24, 2.45) is 11.8 Å². The molecule has 0 unspecified atom stereocenters. The average molecular weight is 381 g/mol. The number of hydrogen-bond acceptors (Lipinski definition) is 5. The van der Waals surface area contributed by atoms with Gasteiger partial charge in [0.25, 0.3) is 0 Å². The number of Topliss-reactive ketones (excluding diaryl/α,β-unsaturated/α-hetero) is 1. The molecule has 1 saturated carbocycles. The maximum Gasteiger partial charge on any atom is 0.305 e. The Labute approximate surface area is 163 Å². The van der Waals surface area contributed by atoms with E-state index in [0.29, 0.717) is 25.7 Å². The Bertz CT molecular complexity index is 521. The van der Waals surface area contributed by atoms with Crippen molar-refractivity contribution < 1.29 is 24.5 Å². The first kappa shape index (κ1) is 23.6. The first-order chi connectivity index (χ1) is 12.8. The zero-order chi connectivity index (χ0) is 20.3. The first-order valence-corrected chi connectivity index (χ1v) is 10.1. The van der Waals surface area contributed by atoms with Gasteiger partial charge in [0.15, 0.2) is 0 Å². The Hall–Kier alpha value is -1.46. The molecule has 0 heterocycles. The minimum Gasteiger partial charge on any atom is -0.469 e. The number of unbranched alkanes of at least 4 members (excludes halogenated alkanes) is 3. The Morgan fingerprint density at radius 1 is 1.30 bits per heavy atom. The lowest BCUT2D eigenvalue weighted by Crippen LogP contribution is -2.23. The van der Waals surface area contributed by atoms with E-state index >= 15 is 0 Å². The number of carbonyl (C=O) groups excluding carboxylic acids is 2. The molecule has 0 amide bonds. The predicted molar refractivity (Wildman–Crippen MR) is 106 cm³/mol. The molecular weight excluding hydrogens is 344 g/mol. The smallest absolute Gasteiger partial charge is 0.305 e. The zero-order valence-electron chi connectivity index (χ0n) is 17.0. The number of aliphatic hydroxyl groups is 2. The summed E-state index contributed by atoms with van der Waals surface area (Å²) >= 11 is 0. The van der Waals surface area contributed by atoms with Gasteiger partial charge in [-0.1, -0.05) is 50.5 Å². The molecule has 5 nitrogen and oxygen atoms in total. The van der Waals surface area contributed by atoms with Gasteiger partial charge in [-0.15, -0.1) is 0 Å². The van der Waals surface area contributed by atoms with Crippen molar-refractivity contribution in [2.45, 2.75) is 83.3 Å². The van der Waals surface area contributed by atoms with Crippen molar-refractivity contribution in [1.82, 2.24) is 0 Å². The highest BCUT2D eigenvalue weighted by Crippen LogP contribution is 2.34. The van der Waals surface area contributed by atoms with Crippen LogP contribution in [0, 0.1) is 11.8 Å². The van der Waals surface area contributed by atoms with Gasteiger partial charge in [0.2, 0.25) is 0 Å². The molecule has 1 aliphatic carbocycles. The molecule has 0 bridgehead atoms. The quantitative estimate of drug-likeness (QED) is 0.306. The number of ketones is 1. The third-order valence-corrected chi connectivity index (χ3v) is 5.23. The van der Waals surface area contributed by atoms with E-state index in [4.69, 9.17) is 0 Å². The summed E-state index contributed by atoms with van der Waals surface area (Å²) in [5, 5.41) is 20.7. The van der Waals surface area contributed by atoms with Crippen LogP contribution in [0.5, 0.6) is 0 Å². The molecule has 0 radical (unpaired) electrons. The van der Waals surface area contributed by atoms with Gasteiger partial charge in [-0.25, -0.2) is 0 Å². The van der Waals surface area contributed by atoms with Crippen LogP contribution in [0.2, 0.25) is 0 Å². The zero-order valence-corrected chi connectivity index (χ0v) is 17.0. The Balaban J connectivity index is 2.55. The van der Waals surface area contributed by atoms with Gasteiger partial charge in [0, 0.05) is 24.7 Å². The maximum absolute atomic E-state index is 12.2. The van der Waals surface area contributed by atoms with E-state index in [-0.39, 0.29) is 30.0 Å². The van der Waals surface area contributed by atoms with Crippen molar-refractivity contribution in [3.63, 3.8) is 0 Å². The lowest BCUT2D eigenvalue weighted by molar-refractivity contribution is -0.140. The fourth-order valence-electron chi connectivity index (χ4n) is 3.49. The molecule has 5 heteroatoms. The molecule has 1 aliphatic rings. The molecular formula is C22H36O5. The minimum atomic E-state index is -0.908. The number of allylic oxidation sites excluding steroid dienone is 2. The van der Waals surface area contributed by atoms with Gasteiger partial charge in [-0.05, 0) is 32.6 Å². The van der Waals surface area contributed by atoms with Gasteiger partial charge in [0.05, 0.1) is 18.8 Å². The second-order valence-electron chi connectivity index (χ2n) is 7.77. The van der Waals surface area contributed by atoms with Crippen molar-refractivity contribution in [3.05, 3.63) is 24.3 Å². The SMILES string of the molecule is CCCCC[C@@](C)(O)/C=C/[C@H]1[C@H](O)CC(=O)[C@@H]1C/C=C\CCCC(=O)OC. The molecule has 0 saturated heterocycles.